The van der Waals surface area contributed by atoms with Crippen molar-refractivity contribution >= 4 is 12.6 Å². The van der Waals surface area contributed by atoms with E-state index in [1.807, 2.05) is 6.07 Å². The summed E-state index contributed by atoms with van der Waals surface area (Å²) in [4.78, 5) is 3.73. The first-order valence-corrected chi connectivity index (χ1v) is 3.49. The van der Waals surface area contributed by atoms with E-state index in [0.29, 0.717) is 0 Å². The molecule has 0 saturated carbocycles. The zero-order valence-electron chi connectivity index (χ0n) is 6.93. The lowest BCUT2D eigenvalue weighted by atomic mass is 9.78. The summed E-state index contributed by atoms with van der Waals surface area (Å²) in [5.41, 5.74) is 0.134. The Balaban J connectivity index is 3.32. The van der Waals surface area contributed by atoms with Gasteiger partial charge in [0.1, 0.15) is 0 Å². The number of nitrogens with zero attached hydrogens (tertiary/aromatic N) is 2. The average Bonchev–Trinajstić information content (AvgIpc) is 2.16. The van der Waals surface area contributed by atoms with Gasteiger partial charge in [-0.1, -0.05) is 0 Å². The summed E-state index contributed by atoms with van der Waals surface area (Å²) in [6.45, 7) is 0. The molecule has 66 valence electrons. The van der Waals surface area contributed by atoms with Gasteiger partial charge in [-0.05, 0) is 6.07 Å². The van der Waals surface area contributed by atoms with Crippen LogP contribution in [0, 0.1) is 11.3 Å². The standard InChI is InChI=1S/C7H7BN2O3/c1-13-7-6(8(11)12)5(4-9)2-3-10-7/h2-3,11-12H,1H3. The Hall–Kier alpha value is -1.58. The molecule has 0 aliphatic heterocycles. The summed E-state index contributed by atoms with van der Waals surface area (Å²) in [7, 11) is -0.409. The van der Waals surface area contributed by atoms with Crippen molar-refractivity contribution in [1.29, 1.82) is 5.26 Å². The first kappa shape index (κ1) is 9.51. The zero-order chi connectivity index (χ0) is 9.84. The fourth-order valence-corrected chi connectivity index (χ4v) is 0.964. The van der Waals surface area contributed by atoms with Crippen LogP contribution >= 0.6 is 0 Å². The van der Waals surface area contributed by atoms with E-state index in [0.717, 1.165) is 0 Å². The molecule has 0 saturated heterocycles. The van der Waals surface area contributed by atoms with Crippen LogP contribution in [0.2, 0.25) is 0 Å². The topological polar surface area (TPSA) is 86.4 Å². The van der Waals surface area contributed by atoms with E-state index in [1.54, 1.807) is 0 Å². The van der Waals surface area contributed by atoms with Gasteiger partial charge in [0.25, 0.3) is 0 Å². The Morgan fingerprint density at radius 2 is 2.31 bits per heavy atom. The largest absolute Gasteiger partial charge is 0.495 e. The van der Waals surface area contributed by atoms with Crippen molar-refractivity contribution in [2.45, 2.75) is 0 Å². The Labute approximate surface area is 75.4 Å². The van der Waals surface area contributed by atoms with Crippen molar-refractivity contribution in [3.63, 3.8) is 0 Å². The van der Waals surface area contributed by atoms with E-state index in [4.69, 9.17) is 20.0 Å². The van der Waals surface area contributed by atoms with Crippen molar-refractivity contribution in [3.05, 3.63) is 17.8 Å². The first-order valence-electron chi connectivity index (χ1n) is 3.49. The molecule has 1 heterocycles. The molecule has 0 aliphatic rings. The van der Waals surface area contributed by atoms with E-state index >= 15 is 0 Å². The Kier molecular flexibility index (Phi) is 2.85. The maximum absolute atomic E-state index is 8.93. The molecule has 0 atom stereocenters. The van der Waals surface area contributed by atoms with E-state index in [2.05, 4.69) is 4.98 Å². The lowest BCUT2D eigenvalue weighted by Gasteiger charge is -2.06. The molecule has 13 heavy (non-hydrogen) atoms. The summed E-state index contributed by atoms with van der Waals surface area (Å²) in [5, 5.41) is 26.5. The first-order chi connectivity index (χ1) is 6.20. The highest BCUT2D eigenvalue weighted by Gasteiger charge is 2.22. The van der Waals surface area contributed by atoms with Crippen LogP contribution in [0.25, 0.3) is 0 Å². The molecule has 0 amide bonds. The molecule has 2 N–H and O–H groups in total. The van der Waals surface area contributed by atoms with Gasteiger partial charge >= 0.3 is 7.12 Å². The van der Waals surface area contributed by atoms with Gasteiger partial charge in [-0.3, -0.25) is 0 Å². The van der Waals surface area contributed by atoms with Crippen molar-refractivity contribution in [2.75, 3.05) is 7.11 Å². The van der Waals surface area contributed by atoms with E-state index < -0.39 is 7.12 Å². The minimum atomic E-state index is -1.75. The fraction of sp³-hybridized carbons (Fsp3) is 0.143. The maximum Gasteiger partial charge on any atom is 0.495 e. The second-order valence-electron chi connectivity index (χ2n) is 2.27. The van der Waals surface area contributed by atoms with Gasteiger partial charge in [-0.2, -0.15) is 5.26 Å². The molecule has 6 heteroatoms. The summed E-state index contributed by atoms with van der Waals surface area (Å²) >= 11 is 0. The highest BCUT2D eigenvalue weighted by atomic mass is 16.5. The van der Waals surface area contributed by atoms with Crippen LogP contribution in [0.5, 0.6) is 5.88 Å². The van der Waals surface area contributed by atoms with Crippen LogP contribution in [0.1, 0.15) is 5.56 Å². The highest BCUT2D eigenvalue weighted by Crippen LogP contribution is 2.05. The number of pyridine rings is 1. The minimum Gasteiger partial charge on any atom is -0.481 e. The number of ether oxygens (including phenoxy) is 1. The van der Waals surface area contributed by atoms with Gasteiger partial charge in [0.15, 0.2) is 0 Å². The zero-order valence-corrected chi connectivity index (χ0v) is 6.93. The predicted octanol–water partition coefficient (Wildman–Crippen LogP) is -1.36. The third kappa shape index (κ3) is 1.77. The third-order valence-corrected chi connectivity index (χ3v) is 1.53. The summed E-state index contributed by atoms with van der Waals surface area (Å²) < 4.78 is 4.77. The van der Waals surface area contributed by atoms with Gasteiger partial charge in [0, 0.05) is 6.20 Å². The molecule has 1 aromatic heterocycles. The van der Waals surface area contributed by atoms with Crippen LogP contribution < -0.4 is 10.2 Å². The number of methoxy groups -OCH3 is 1. The number of nitriles is 1. The van der Waals surface area contributed by atoms with Crippen molar-refractivity contribution in [3.8, 4) is 11.9 Å². The van der Waals surface area contributed by atoms with Gasteiger partial charge in [0.05, 0.1) is 24.2 Å². The van der Waals surface area contributed by atoms with Crippen molar-refractivity contribution < 1.29 is 14.8 Å². The molecule has 0 aromatic carbocycles. The fourth-order valence-electron chi connectivity index (χ4n) is 0.964. The van der Waals surface area contributed by atoms with Gasteiger partial charge in [-0.15, -0.1) is 0 Å². The summed E-state index contributed by atoms with van der Waals surface area (Å²) in [6, 6.07) is 3.20. The number of aromatic nitrogens is 1. The normalized spacial score (nSPS) is 9.08. The van der Waals surface area contributed by atoms with Crippen molar-refractivity contribution in [1.82, 2.24) is 4.98 Å². The molecule has 0 aliphatic carbocycles. The second-order valence-corrected chi connectivity index (χ2v) is 2.27. The van der Waals surface area contributed by atoms with Crippen LogP contribution in [-0.4, -0.2) is 29.3 Å². The molecule has 0 unspecified atom stereocenters. The van der Waals surface area contributed by atoms with Crippen LogP contribution in [0.15, 0.2) is 12.3 Å². The highest BCUT2D eigenvalue weighted by molar-refractivity contribution is 6.60. The van der Waals surface area contributed by atoms with E-state index in [9.17, 15) is 0 Å². The molecule has 1 aromatic rings. The summed E-state index contributed by atoms with van der Waals surface area (Å²) in [6.07, 6.45) is 1.36. The van der Waals surface area contributed by atoms with Gasteiger partial charge in [0.2, 0.25) is 5.88 Å². The lowest BCUT2D eigenvalue weighted by Crippen LogP contribution is -2.34. The number of hydrogen-bond donors (Lipinski definition) is 2. The molecule has 1 rings (SSSR count). The predicted molar refractivity (Wildman–Crippen MR) is 45.3 cm³/mol. The molecular weight excluding hydrogens is 171 g/mol. The SMILES string of the molecule is COc1nccc(C#N)c1B(O)O. The average molecular weight is 178 g/mol. The van der Waals surface area contributed by atoms with Gasteiger partial charge in [-0.25, -0.2) is 4.98 Å². The smallest absolute Gasteiger partial charge is 0.481 e. The Morgan fingerprint density at radius 1 is 1.62 bits per heavy atom. The Bertz CT molecular complexity index is 348. The second kappa shape index (κ2) is 3.89. The molecule has 0 bridgehead atoms. The minimum absolute atomic E-state index is 0.00694. The number of rotatable bonds is 2. The van der Waals surface area contributed by atoms with Crippen molar-refractivity contribution in [2.24, 2.45) is 0 Å². The molecule has 5 nitrogen and oxygen atoms in total. The van der Waals surface area contributed by atoms with Crippen LogP contribution in [0.3, 0.4) is 0 Å². The molecule has 0 fully saturated rings. The maximum atomic E-state index is 8.93. The summed E-state index contributed by atoms with van der Waals surface area (Å²) in [5.74, 6) is 0.0500. The molecule has 0 radical (unpaired) electrons. The van der Waals surface area contributed by atoms with Gasteiger partial charge < -0.3 is 14.8 Å². The molecular formula is C7H7BN2O3. The van der Waals surface area contributed by atoms with Crippen LogP contribution in [-0.2, 0) is 0 Å². The number of hydrogen-bond acceptors (Lipinski definition) is 5. The van der Waals surface area contributed by atoms with E-state index in [-0.39, 0.29) is 16.9 Å². The quantitative estimate of drug-likeness (QED) is 0.546. The van der Waals surface area contributed by atoms with Crippen LogP contribution in [0.4, 0.5) is 0 Å². The molecule has 0 spiro atoms. The lowest BCUT2D eigenvalue weighted by molar-refractivity contribution is 0.391. The Morgan fingerprint density at radius 3 is 2.77 bits per heavy atom. The van der Waals surface area contributed by atoms with E-state index in [1.165, 1.54) is 19.4 Å². The third-order valence-electron chi connectivity index (χ3n) is 1.53. The monoisotopic (exact) mass is 178 g/mol.